The lowest BCUT2D eigenvalue weighted by molar-refractivity contribution is 0.402. The van der Waals surface area contributed by atoms with Gasteiger partial charge in [0.15, 0.2) is 0 Å². The minimum atomic E-state index is -0.636. The van der Waals surface area contributed by atoms with Crippen molar-refractivity contribution in [2.75, 3.05) is 12.0 Å². The second kappa shape index (κ2) is 7.39. The fourth-order valence-electron chi connectivity index (χ4n) is 2.27. The molecule has 0 saturated heterocycles. The van der Waals surface area contributed by atoms with Crippen LogP contribution in [0, 0.1) is 0 Å². The van der Waals surface area contributed by atoms with Crippen LogP contribution in [-0.4, -0.2) is 28.3 Å². The Bertz CT molecular complexity index is 188. The Hall–Kier alpha value is 0.110. The predicted octanol–water partition coefficient (Wildman–Crippen LogP) is 2.46. The van der Waals surface area contributed by atoms with Gasteiger partial charge in [0, 0.05) is 34.9 Å². The molecular formula is C12H25NOS. The zero-order valence-electron chi connectivity index (χ0n) is 10.1. The van der Waals surface area contributed by atoms with Gasteiger partial charge in [-0.1, -0.05) is 25.7 Å². The normalized spacial score (nSPS) is 23.3. The first-order chi connectivity index (χ1) is 7.18. The summed E-state index contributed by atoms with van der Waals surface area (Å²) in [5.74, 6) is 0.834. The van der Waals surface area contributed by atoms with E-state index in [0.29, 0.717) is 12.1 Å². The molecule has 0 aliphatic heterocycles. The second-order valence-corrected chi connectivity index (χ2v) is 6.38. The molecule has 2 unspecified atom stereocenters. The van der Waals surface area contributed by atoms with Gasteiger partial charge in [-0.2, -0.15) is 0 Å². The summed E-state index contributed by atoms with van der Waals surface area (Å²) >= 11 is 0. The van der Waals surface area contributed by atoms with Crippen LogP contribution < -0.4 is 5.32 Å². The molecule has 1 aliphatic rings. The smallest absolute Gasteiger partial charge is 0.0246 e. The molecule has 0 aromatic carbocycles. The lowest BCUT2D eigenvalue weighted by Crippen LogP contribution is -2.36. The Morgan fingerprint density at radius 2 is 1.87 bits per heavy atom. The molecule has 1 N–H and O–H groups in total. The molecule has 0 spiro atoms. The molecule has 1 aliphatic carbocycles. The van der Waals surface area contributed by atoms with E-state index in [-0.39, 0.29) is 0 Å². The highest BCUT2D eigenvalue weighted by Crippen LogP contribution is 2.17. The Morgan fingerprint density at radius 1 is 1.27 bits per heavy atom. The summed E-state index contributed by atoms with van der Waals surface area (Å²) in [5.41, 5.74) is 0. The van der Waals surface area contributed by atoms with Crippen molar-refractivity contribution in [1.29, 1.82) is 0 Å². The monoisotopic (exact) mass is 231 g/mol. The SMILES string of the molecule is CC(CCS(C)=O)NC1CCCCCC1. The van der Waals surface area contributed by atoms with Crippen LogP contribution in [0.2, 0.25) is 0 Å². The average Bonchev–Trinajstić information content (AvgIpc) is 2.43. The zero-order chi connectivity index (χ0) is 11.1. The topological polar surface area (TPSA) is 29.1 Å². The summed E-state index contributed by atoms with van der Waals surface area (Å²) in [6.45, 7) is 2.22. The third-order valence-electron chi connectivity index (χ3n) is 3.21. The summed E-state index contributed by atoms with van der Waals surface area (Å²) in [4.78, 5) is 0. The highest BCUT2D eigenvalue weighted by Gasteiger charge is 2.14. The van der Waals surface area contributed by atoms with Crippen molar-refractivity contribution in [2.24, 2.45) is 0 Å². The molecular weight excluding hydrogens is 206 g/mol. The minimum Gasteiger partial charge on any atom is -0.311 e. The highest BCUT2D eigenvalue weighted by atomic mass is 32.2. The molecule has 2 nitrogen and oxygen atoms in total. The van der Waals surface area contributed by atoms with E-state index >= 15 is 0 Å². The molecule has 0 heterocycles. The van der Waals surface area contributed by atoms with Crippen molar-refractivity contribution in [1.82, 2.24) is 5.32 Å². The molecule has 15 heavy (non-hydrogen) atoms. The van der Waals surface area contributed by atoms with E-state index in [1.54, 1.807) is 6.26 Å². The number of hydrogen-bond donors (Lipinski definition) is 1. The van der Waals surface area contributed by atoms with E-state index in [2.05, 4.69) is 12.2 Å². The van der Waals surface area contributed by atoms with Gasteiger partial charge in [-0.05, 0) is 26.2 Å². The van der Waals surface area contributed by atoms with E-state index in [9.17, 15) is 4.21 Å². The molecule has 3 heteroatoms. The van der Waals surface area contributed by atoms with E-state index in [4.69, 9.17) is 0 Å². The molecule has 0 aromatic rings. The second-order valence-electron chi connectivity index (χ2n) is 4.82. The van der Waals surface area contributed by atoms with Crippen molar-refractivity contribution < 1.29 is 4.21 Å². The van der Waals surface area contributed by atoms with Gasteiger partial charge in [0.1, 0.15) is 0 Å². The van der Waals surface area contributed by atoms with Crippen LogP contribution >= 0.6 is 0 Å². The van der Waals surface area contributed by atoms with Gasteiger partial charge in [0.05, 0.1) is 0 Å². The van der Waals surface area contributed by atoms with Crippen LogP contribution in [0.5, 0.6) is 0 Å². The number of nitrogens with one attached hydrogen (secondary N) is 1. The average molecular weight is 231 g/mol. The third kappa shape index (κ3) is 6.31. The molecule has 0 radical (unpaired) electrons. The van der Waals surface area contributed by atoms with Crippen LogP contribution in [0.15, 0.2) is 0 Å². The maximum Gasteiger partial charge on any atom is 0.0246 e. The van der Waals surface area contributed by atoms with Gasteiger partial charge in [-0.25, -0.2) is 0 Å². The summed E-state index contributed by atoms with van der Waals surface area (Å²) in [6.07, 6.45) is 11.1. The molecule has 1 fully saturated rings. The first-order valence-electron chi connectivity index (χ1n) is 6.24. The van der Waals surface area contributed by atoms with E-state index < -0.39 is 10.8 Å². The first-order valence-corrected chi connectivity index (χ1v) is 7.97. The summed E-state index contributed by atoms with van der Waals surface area (Å²) in [5, 5.41) is 3.68. The van der Waals surface area contributed by atoms with Gasteiger partial charge in [-0.3, -0.25) is 4.21 Å². The van der Waals surface area contributed by atoms with Gasteiger partial charge < -0.3 is 5.32 Å². The Kier molecular flexibility index (Phi) is 6.50. The first kappa shape index (κ1) is 13.2. The summed E-state index contributed by atoms with van der Waals surface area (Å²) < 4.78 is 11.0. The molecule has 90 valence electrons. The Labute approximate surface area is 96.7 Å². The Balaban J connectivity index is 2.17. The van der Waals surface area contributed by atoms with E-state index in [1.165, 1.54) is 38.5 Å². The fraction of sp³-hybridized carbons (Fsp3) is 1.00. The maximum absolute atomic E-state index is 11.0. The third-order valence-corrected chi connectivity index (χ3v) is 4.02. The van der Waals surface area contributed by atoms with Crippen molar-refractivity contribution >= 4 is 10.8 Å². The molecule has 0 bridgehead atoms. The number of hydrogen-bond acceptors (Lipinski definition) is 2. The summed E-state index contributed by atoms with van der Waals surface area (Å²) in [7, 11) is -0.636. The van der Waals surface area contributed by atoms with Gasteiger partial charge in [0.25, 0.3) is 0 Å². The molecule has 1 rings (SSSR count). The van der Waals surface area contributed by atoms with E-state index in [1.807, 2.05) is 0 Å². The van der Waals surface area contributed by atoms with Crippen LogP contribution in [0.4, 0.5) is 0 Å². The lowest BCUT2D eigenvalue weighted by Gasteiger charge is -2.21. The Morgan fingerprint density at radius 3 is 2.40 bits per heavy atom. The number of rotatable bonds is 5. The van der Waals surface area contributed by atoms with Crippen LogP contribution in [0.25, 0.3) is 0 Å². The maximum atomic E-state index is 11.0. The van der Waals surface area contributed by atoms with Crippen LogP contribution in [0.3, 0.4) is 0 Å². The van der Waals surface area contributed by atoms with Crippen LogP contribution in [0.1, 0.15) is 51.9 Å². The fourth-order valence-corrected chi connectivity index (χ4v) is 2.96. The highest BCUT2D eigenvalue weighted by molar-refractivity contribution is 7.84. The van der Waals surface area contributed by atoms with Crippen molar-refractivity contribution in [2.45, 2.75) is 64.0 Å². The standard InChI is InChI=1S/C12H25NOS/c1-11(9-10-15(2)14)13-12-7-5-3-4-6-8-12/h11-13H,3-10H2,1-2H3. The predicted molar refractivity (Wildman–Crippen MR) is 67.6 cm³/mol. The van der Waals surface area contributed by atoms with Crippen molar-refractivity contribution in [3.8, 4) is 0 Å². The van der Waals surface area contributed by atoms with Gasteiger partial charge >= 0.3 is 0 Å². The zero-order valence-corrected chi connectivity index (χ0v) is 10.9. The summed E-state index contributed by atoms with van der Waals surface area (Å²) in [6, 6.07) is 1.24. The quantitative estimate of drug-likeness (QED) is 0.736. The minimum absolute atomic E-state index is 0.525. The lowest BCUT2D eigenvalue weighted by atomic mass is 10.1. The molecule has 0 aromatic heterocycles. The van der Waals surface area contributed by atoms with Gasteiger partial charge in [-0.15, -0.1) is 0 Å². The van der Waals surface area contributed by atoms with Crippen LogP contribution in [-0.2, 0) is 10.8 Å². The molecule has 0 amide bonds. The van der Waals surface area contributed by atoms with Crippen molar-refractivity contribution in [3.05, 3.63) is 0 Å². The van der Waals surface area contributed by atoms with E-state index in [0.717, 1.165) is 12.2 Å². The molecule has 2 atom stereocenters. The van der Waals surface area contributed by atoms with Crippen molar-refractivity contribution in [3.63, 3.8) is 0 Å². The molecule has 1 saturated carbocycles. The van der Waals surface area contributed by atoms with Gasteiger partial charge in [0.2, 0.25) is 0 Å². The largest absolute Gasteiger partial charge is 0.311 e.